The van der Waals surface area contributed by atoms with Crippen molar-refractivity contribution in [2.24, 2.45) is 0 Å². The van der Waals surface area contributed by atoms with Gasteiger partial charge in [0.05, 0.1) is 29.0 Å². The zero-order valence-electron chi connectivity index (χ0n) is 16.9. The Morgan fingerprint density at radius 1 is 0.633 bits per heavy atom. The lowest BCUT2D eigenvalue weighted by molar-refractivity contribution is 0.425. The normalized spacial score (nSPS) is 12.3. The van der Waals surface area contributed by atoms with E-state index in [-0.39, 0.29) is 0 Å². The highest BCUT2D eigenvalue weighted by molar-refractivity contribution is 6.28. The van der Waals surface area contributed by atoms with E-state index >= 15 is 0 Å². The molecule has 0 aliphatic carbocycles. The number of ether oxygens (including phenoxy) is 1. The summed E-state index contributed by atoms with van der Waals surface area (Å²) in [4.78, 5) is 0. The average Bonchev–Trinajstić information content (AvgIpc) is 3.29. The van der Waals surface area contributed by atoms with Gasteiger partial charge in [-0.3, -0.25) is 0 Å². The average molecular weight is 385 g/mol. The summed E-state index contributed by atoms with van der Waals surface area (Å²) in [7, 11) is 1.78. The predicted molar refractivity (Wildman–Crippen MR) is 127 cm³/mol. The van der Waals surface area contributed by atoms with Crippen molar-refractivity contribution in [3.8, 4) is 5.75 Å². The van der Waals surface area contributed by atoms with Crippen molar-refractivity contribution in [1.82, 2.24) is 4.40 Å². The summed E-state index contributed by atoms with van der Waals surface area (Å²) in [5.41, 5.74) is 5.11. The van der Waals surface area contributed by atoms with E-state index in [9.17, 15) is 0 Å². The first-order valence-electron chi connectivity index (χ1n) is 10.3. The fourth-order valence-electron chi connectivity index (χ4n) is 5.53. The zero-order valence-corrected chi connectivity index (χ0v) is 16.9. The molecule has 0 aliphatic rings. The fourth-order valence-corrected chi connectivity index (χ4v) is 5.53. The van der Waals surface area contributed by atoms with Gasteiger partial charge >= 0.3 is 0 Å². The van der Waals surface area contributed by atoms with Crippen molar-refractivity contribution < 1.29 is 4.74 Å². The maximum atomic E-state index is 5.99. The Labute approximate surface area is 173 Å². The number of benzene rings is 5. The minimum Gasteiger partial charge on any atom is -0.495 e. The smallest absolute Gasteiger partial charge is 0.136 e. The van der Waals surface area contributed by atoms with Crippen LogP contribution in [0.5, 0.6) is 5.75 Å². The SMILES string of the molecule is COc1c2ccccc2cc2c1c1cccc3c4c(C)c5ccccc5cc4n2c31. The van der Waals surface area contributed by atoms with Gasteiger partial charge in [0.2, 0.25) is 0 Å². The van der Waals surface area contributed by atoms with Gasteiger partial charge in [0.15, 0.2) is 0 Å². The van der Waals surface area contributed by atoms with Crippen LogP contribution < -0.4 is 4.74 Å². The van der Waals surface area contributed by atoms with E-state index in [2.05, 4.69) is 90.2 Å². The molecule has 30 heavy (non-hydrogen) atoms. The number of aromatic nitrogens is 1. The minimum absolute atomic E-state index is 0.963. The second-order valence-corrected chi connectivity index (χ2v) is 8.18. The van der Waals surface area contributed by atoms with Gasteiger partial charge in [0.1, 0.15) is 5.75 Å². The van der Waals surface area contributed by atoms with Crippen LogP contribution in [0.25, 0.3) is 59.6 Å². The Hall–Kier alpha value is -3.78. The van der Waals surface area contributed by atoms with Gasteiger partial charge in [-0.2, -0.15) is 0 Å². The molecule has 5 aromatic carbocycles. The van der Waals surface area contributed by atoms with Crippen LogP contribution in [-0.2, 0) is 0 Å². The lowest BCUT2D eigenvalue weighted by Crippen LogP contribution is -1.89. The zero-order chi connectivity index (χ0) is 20.0. The van der Waals surface area contributed by atoms with E-state index in [1.54, 1.807) is 7.11 Å². The number of hydrogen-bond acceptors (Lipinski definition) is 1. The van der Waals surface area contributed by atoms with E-state index < -0.39 is 0 Å². The van der Waals surface area contributed by atoms with E-state index in [4.69, 9.17) is 4.74 Å². The van der Waals surface area contributed by atoms with Crippen molar-refractivity contribution in [3.05, 3.63) is 84.4 Å². The number of hydrogen-bond donors (Lipinski definition) is 0. The number of fused-ring (bicyclic) bond motifs is 8. The molecule has 0 saturated heterocycles. The van der Waals surface area contributed by atoms with Crippen molar-refractivity contribution in [3.63, 3.8) is 0 Å². The minimum atomic E-state index is 0.963. The molecular formula is C28H19NO. The third-order valence-electron chi connectivity index (χ3n) is 6.75. The summed E-state index contributed by atoms with van der Waals surface area (Å²) >= 11 is 0. The second-order valence-electron chi connectivity index (χ2n) is 8.18. The van der Waals surface area contributed by atoms with Crippen LogP contribution in [0.1, 0.15) is 5.56 Å². The van der Waals surface area contributed by atoms with Crippen molar-refractivity contribution >= 4 is 59.6 Å². The number of nitrogens with zero attached hydrogens (tertiary/aromatic N) is 1. The summed E-state index contributed by atoms with van der Waals surface area (Å²) in [5, 5.41) is 10.1. The van der Waals surface area contributed by atoms with Gasteiger partial charge in [-0.25, -0.2) is 0 Å². The molecule has 0 radical (unpaired) electrons. The Morgan fingerprint density at radius 3 is 1.93 bits per heavy atom. The summed E-state index contributed by atoms with van der Waals surface area (Å²) in [5.74, 6) is 0.963. The highest BCUT2D eigenvalue weighted by Gasteiger charge is 2.22. The number of para-hydroxylation sites is 1. The molecule has 2 heteroatoms. The lowest BCUT2D eigenvalue weighted by Gasteiger charge is -2.10. The van der Waals surface area contributed by atoms with Crippen LogP contribution in [0.3, 0.4) is 0 Å². The van der Waals surface area contributed by atoms with Crippen molar-refractivity contribution in [2.45, 2.75) is 6.92 Å². The number of methoxy groups -OCH3 is 1. The third-order valence-corrected chi connectivity index (χ3v) is 6.75. The molecule has 142 valence electrons. The van der Waals surface area contributed by atoms with Gasteiger partial charge in [0.25, 0.3) is 0 Å². The largest absolute Gasteiger partial charge is 0.495 e. The Kier molecular flexibility index (Phi) is 2.91. The molecule has 2 heterocycles. The second kappa shape index (κ2) is 5.43. The third kappa shape index (κ3) is 1.76. The first-order valence-corrected chi connectivity index (χ1v) is 10.3. The molecule has 0 unspecified atom stereocenters. The van der Waals surface area contributed by atoms with Crippen molar-refractivity contribution in [1.29, 1.82) is 0 Å². The molecule has 0 bridgehead atoms. The van der Waals surface area contributed by atoms with Crippen LogP contribution in [0.2, 0.25) is 0 Å². The first kappa shape index (κ1) is 16.1. The molecule has 0 saturated carbocycles. The maximum absolute atomic E-state index is 5.99. The van der Waals surface area contributed by atoms with Crippen LogP contribution in [0.4, 0.5) is 0 Å². The molecule has 2 aromatic heterocycles. The topological polar surface area (TPSA) is 13.6 Å². The van der Waals surface area contributed by atoms with Gasteiger partial charge in [-0.05, 0) is 40.8 Å². The monoisotopic (exact) mass is 385 g/mol. The Morgan fingerprint density at radius 2 is 1.20 bits per heavy atom. The van der Waals surface area contributed by atoms with E-state index in [1.807, 2.05) is 0 Å². The maximum Gasteiger partial charge on any atom is 0.136 e. The molecule has 2 nitrogen and oxygen atoms in total. The fraction of sp³-hybridized carbons (Fsp3) is 0.0714. The summed E-state index contributed by atoms with van der Waals surface area (Å²) in [6.07, 6.45) is 0. The molecule has 0 spiro atoms. The van der Waals surface area contributed by atoms with Gasteiger partial charge in [-0.15, -0.1) is 0 Å². The molecule has 0 fully saturated rings. The molecule has 7 rings (SSSR count). The first-order chi connectivity index (χ1) is 14.8. The summed E-state index contributed by atoms with van der Waals surface area (Å²) in [6.45, 7) is 2.25. The number of rotatable bonds is 1. The van der Waals surface area contributed by atoms with E-state index in [0.29, 0.717) is 0 Å². The molecule has 7 aromatic rings. The molecule has 0 aliphatic heterocycles. The van der Waals surface area contributed by atoms with Gasteiger partial charge < -0.3 is 9.14 Å². The van der Waals surface area contributed by atoms with Crippen LogP contribution in [0, 0.1) is 6.92 Å². The van der Waals surface area contributed by atoms with Gasteiger partial charge in [0, 0.05) is 21.5 Å². The van der Waals surface area contributed by atoms with E-state index in [0.717, 1.165) is 11.1 Å². The van der Waals surface area contributed by atoms with Crippen LogP contribution >= 0.6 is 0 Å². The predicted octanol–water partition coefficient (Wildman–Crippen LogP) is 7.46. The Bertz CT molecular complexity index is 1790. The Balaban J connectivity index is 1.86. The van der Waals surface area contributed by atoms with Crippen LogP contribution in [-0.4, -0.2) is 11.5 Å². The molecule has 0 atom stereocenters. The molecular weight excluding hydrogens is 366 g/mol. The van der Waals surface area contributed by atoms with Crippen molar-refractivity contribution in [2.75, 3.05) is 7.11 Å². The standard InChI is InChI=1S/C28H19NO/c1-16-19-10-5-3-8-17(19)14-23-25(16)21-12-7-13-22-26-24(29(23)27(21)22)15-18-9-4-6-11-20(18)28(26)30-2/h3-15H,1-2H3. The molecule has 0 N–H and O–H groups in total. The van der Waals surface area contributed by atoms with Gasteiger partial charge in [-0.1, -0.05) is 66.7 Å². The highest BCUT2D eigenvalue weighted by atomic mass is 16.5. The highest BCUT2D eigenvalue weighted by Crippen LogP contribution is 2.46. The number of aryl methyl sites for hydroxylation is 1. The summed E-state index contributed by atoms with van der Waals surface area (Å²) in [6, 6.07) is 28.5. The quantitative estimate of drug-likeness (QED) is 0.286. The van der Waals surface area contributed by atoms with E-state index in [1.165, 1.54) is 59.8 Å². The van der Waals surface area contributed by atoms with Crippen LogP contribution in [0.15, 0.2) is 78.9 Å². The molecule has 0 amide bonds. The lowest BCUT2D eigenvalue weighted by atomic mass is 9.98. The summed E-state index contributed by atoms with van der Waals surface area (Å²) < 4.78 is 8.44.